The van der Waals surface area contributed by atoms with Crippen LogP contribution in [0.15, 0.2) is 52.0 Å². The molecule has 1 amide bonds. The van der Waals surface area contributed by atoms with Gasteiger partial charge in [-0.3, -0.25) is 9.69 Å². The fraction of sp³-hybridized carbons (Fsp3) is 0.542. The second kappa shape index (κ2) is 10.7. The summed E-state index contributed by atoms with van der Waals surface area (Å²) in [6.07, 6.45) is 6.51. The lowest BCUT2D eigenvalue weighted by molar-refractivity contribution is -0.126. The van der Waals surface area contributed by atoms with Crippen molar-refractivity contribution in [2.45, 2.75) is 43.0 Å². The monoisotopic (exact) mass is 475 g/mol. The molecular weight excluding hydrogens is 442 g/mol. The maximum absolute atomic E-state index is 13.1. The van der Waals surface area contributed by atoms with E-state index in [0.717, 1.165) is 31.7 Å². The molecule has 3 heterocycles. The Balaban J connectivity index is 1.39. The first-order valence-corrected chi connectivity index (χ1v) is 13.1. The summed E-state index contributed by atoms with van der Waals surface area (Å²) in [5.41, 5.74) is 0. The zero-order chi connectivity index (χ0) is 23.3. The number of ether oxygens (including phenoxy) is 1. The Kier molecular flexibility index (Phi) is 7.72. The molecule has 2 aliphatic heterocycles. The van der Waals surface area contributed by atoms with Crippen LogP contribution in [-0.2, 0) is 14.8 Å². The van der Waals surface area contributed by atoms with Crippen LogP contribution < -0.4 is 10.1 Å². The quantitative estimate of drug-likeness (QED) is 0.631. The van der Waals surface area contributed by atoms with Gasteiger partial charge in [0.25, 0.3) is 0 Å². The van der Waals surface area contributed by atoms with E-state index in [4.69, 9.17) is 9.15 Å². The number of rotatable bonds is 8. The Morgan fingerprint density at radius 1 is 1.12 bits per heavy atom. The van der Waals surface area contributed by atoms with Gasteiger partial charge in [0.1, 0.15) is 11.5 Å². The predicted octanol–water partition coefficient (Wildman–Crippen LogP) is 3.03. The van der Waals surface area contributed by atoms with Crippen LogP contribution in [0.4, 0.5) is 0 Å². The van der Waals surface area contributed by atoms with Crippen LogP contribution in [0.5, 0.6) is 5.75 Å². The molecule has 33 heavy (non-hydrogen) atoms. The van der Waals surface area contributed by atoms with Crippen LogP contribution >= 0.6 is 0 Å². The van der Waals surface area contributed by atoms with E-state index in [9.17, 15) is 13.2 Å². The predicted molar refractivity (Wildman–Crippen MR) is 124 cm³/mol. The van der Waals surface area contributed by atoms with Crippen molar-refractivity contribution < 1.29 is 22.4 Å². The molecule has 0 bridgehead atoms. The molecule has 4 rings (SSSR count). The zero-order valence-corrected chi connectivity index (χ0v) is 19.9. The van der Waals surface area contributed by atoms with Crippen molar-refractivity contribution in [3.05, 3.63) is 48.4 Å². The number of nitrogens with one attached hydrogen (secondary N) is 1. The molecule has 2 aromatic rings. The summed E-state index contributed by atoms with van der Waals surface area (Å²) in [4.78, 5) is 15.6. The van der Waals surface area contributed by atoms with Gasteiger partial charge >= 0.3 is 0 Å². The lowest BCUT2D eigenvalue weighted by Crippen LogP contribution is -2.47. The largest absolute Gasteiger partial charge is 0.497 e. The summed E-state index contributed by atoms with van der Waals surface area (Å²) in [6.45, 7) is 3.03. The Morgan fingerprint density at radius 2 is 1.88 bits per heavy atom. The molecule has 1 N–H and O–H groups in total. The Hall–Kier alpha value is -2.36. The van der Waals surface area contributed by atoms with E-state index in [0.29, 0.717) is 31.7 Å². The van der Waals surface area contributed by atoms with Crippen LogP contribution in [0.2, 0.25) is 0 Å². The highest BCUT2D eigenvalue weighted by atomic mass is 32.2. The topological polar surface area (TPSA) is 92.1 Å². The van der Waals surface area contributed by atoms with E-state index in [1.165, 1.54) is 10.7 Å². The first kappa shape index (κ1) is 23.8. The zero-order valence-electron chi connectivity index (χ0n) is 19.1. The molecule has 1 aromatic carbocycles. The summed E-state index contributed by atoms with van der Waals surface area (Å²) in [6, 6.07) is 10.2. The maximum Gasteiger partial charge on any atom is 0.243 e. The number of sulfonamides is 1. The van der Waals surface area contributed by atoms with Gasteiger partial charge in [0, 0.05) is 19.6 Å². The van der Waals surface area contributed by atoms with E-state index in [1.54, 1.807) is 37.6 Å². The molecular formula is C24H33N3O5S. The van der Waals surface area contributed by atoms with Crippen LogP contribution in [-0.4, -0.2) is 63.4 Å². The lowest BCUT2D eigenvalue weighted by atomic mass is 9.98. The number of nitrogens with zero attached hydrogens (tertiary/aromatic N) is 2. The van der Waals surface area contributed by atoms with Crippen molar-refractivity contribution >= 4 is 15.9 Å². The molecule has 0 unspecified atom stereocenters. The van der Waals surface area contributed by atoms with E-state index < -0.39 is 10.0 Å². The van der Waals surface area contributed by atoms with Crippen molar-refractivity contribution in [2.75, 3.05) is 39.8 Å². The SMILES string of the molecule is COc1ccc(S(=O)(=O)N2CCC[C@@H](C(=O)NC[C@@H](c3ccco3)N3CCCCC3)C2)cc1. The average molecular weight is 476 g/mol. The number of carbonyl (C=O) groups excluding carboxylic acids is 1. The Bertz CT molecular complexity index is 1000. The van der Waals surface area contributed by atoms with Crippen molar-refractivity contribution in [1.82, 2.24) is 14.5 Å². The third-order valence-electron chi connectivity index (χ3n) is 6.62. The van der Waals surface area contributed by atoms with Crippen LogP contribution in [0.1, 0.15) is 43.9 Å². The van der Waals surface area contributed by atoms with E-state index in [-0.39, 0.29) is 29.3 Å². The van der Waals surface area contributed by atoms with Gasteiger partial charge in [-0.2, -0.15) is 4.31 Å². The van der Waals surface area contributed by atoms with Crippen molar-refractivity contribution in [2.24, 2.45) is 5.92 Å². The minimum Gasteiger partial charge on any atom is -0.497 e. The van der Waals surface area contributed by atoms with Crippen molar-refractivity contribution in [3.63, 3.8) is 0 Å². The molecule has 2 atom stereocenters. The van der Waals surface area contributed by atoms with Gasteiger partial charge in [-0.15, -0.1) is 0 Å². The number of likely N-dealkylation sites (tertiary alicyclic amines) is 1. The summed E-state index contributed by atoms with van der Waals surface area (Å²) >= 11 is 0. The minimum atomic E-state index is -3.66. The third kappa shape index (κ3) is 5.59. The van der Waals surface area contributed by atoms with Gasteiger partial charge in [0.15, 0.2) is 0 Å². The maximum atomic E-state index is 13.1. The highest BCUT2D eigenvalue weighted by Crippen LogP contribution is 2.27. The van der Waals surface area contributed by atoms with Gasteiger partial charge in [0.05, 0.1) is 30.2 Å². The number of amides is 1. The van der Waals surface area contributed by atoms with Gasteiger partial charge < -0.3 is 14.5 Å². The molecule has 8 nitrogen and oxygen atoms in total. The molecule has 9 heteroatoms. The normalized spacial score (nSPS) is 21.4. The summed E-state index contributed by atoms with van der Waals surface area (Å²) in [7, 11) is -2.12. The number of piperidine rings is 2. The molecule has 2 aliphatic rings. The van der Waals surface area contributed by atoms with Gasteiger partial charge in [-0.1, -0.05) is 6.42 Å². The molecule has 2 saturated heterocycles. The number of furan rings is 1. The third-order valence-corrected chi connectivity index (χ3v) is 8.50. The highest BCUT2D eigenvalue weighted by Gasteiger charge is 2.34. The first-order valence-electron chi connectivity index (χ1n) is 11.7. The standard InChI is InChI=1S/C24H33N3O5S/c1-31-20-9-11-21(12-10-20)33(29,30)27-15-5-7-19(18-27)24(28)25-17-22(23-8-6-16-32-23)26-13-3-2-4-14-26/h6,8-12,16,19,22H,2-5,7,13-15,17-18H2,1H3,(H,25,28)/t19-,22+/m1/s1. The number of methoxy groups -OCH3 is 1. The van der Waals surface area contributed by atoms with Gasteiger partial charge in [0.2, 0.25) is 15.9 Å². The number of carbonyl (C=O) groups is 1. The fourth-order valence-electron chi connectivity index (χ4n) is 4.73. The smallest absolute Gasteiger partial charge is 0.243 e. The molecule has 0 aliphatic carbocycles. The van der Waals surface area contributed by atoms with Crippen LogP contribution in [0, 0.1) is 5.92 Å². The molecule has 2 fully saturated rings. The lowest BCUT2D eigenvalue weighted by Gasteiger charge is -2.34. The average Bonchev–Trinajstić information content (AvgIpc) is 3.39. The van der Waals surface area contributed by atoms with Crippen LogP contribution in [0.3, 0.4) is 0 Å². The second-order valence-electron chi connectivity index (χ2n) is 8.75. The van der Waals surface area contributed by atoms with E-state index >= 15 is 0 Å². The van der Waals surface area contributed by atoms with Crippen molar-refractivity contribution in [1.29, 1.82) is 0 Å². The first-order chi connectivity index (χ1) is 16.0. The van der Waals surface area contributed by atoms with E-state index in [1.807, 2.05) is 12.1 Å². The van der Waals surface area contributed by atoms with Crippen molar-refractivity contribution in [3.8, 4) is 5.75 Å². The van der Waals surface area contributed by atoms with Gasteiger partial charge in [-0.05, 0) is 75.2 Å². The highest BCUT2D eigenvalue weighted by molar-refractivity contribution is 7.89. The molecule has 0 saturated carbocycles. The van der Waals surface area contributed by atoms with Crippen LogP contribution in [0.25, 0.3) is 0 Å². The van der Waals surface area contributed by atoms with Gasteiger partial charge in [-0.25, -0.2) is 8.42 Å². The number of benzene rings is 1. The Morgan fingerprint density at radius 3 is 2.55 bits per heavy atom. The molecule has 0 radical (unpaired) electrons. The van der Waals surface area contributed by atoms with E-state index in [2.05, 4.69) is 10.2 Å². The number of hydrogen-bond acceptors (Lipinski definition) is 6. The summed E-state index contributed by atoms with van der Waals surface area (Å²) in [5.74, 6) is 0.984. The molecule has 1 aromatic heterocycles. The second-order valence-corrected chi connectivity index (χ2v) is 10.7. The fourth-order valence-corrected chi connectivity index (χ4v) is 6.26. The molecule has 180 valence electrons. The number of hydrogen-bond donors (Lipinski definition) is 1. The summed E-state index contributed by atoms with van der Waals surface area (Å²) in [5, 5.41) is 3.09. The Labute approximate surface area is 195 Å². The minimum absolute atomic E-state index is 0.00743. The summed E-state index contributed by atoms with van der Waals surface area (Å²) < 4.78 is 38.4. The molecule has 0 spiro atoms.